The summed E-state index contributed by atoms with van der Waals surface area (Å²) in [5.41, 5.74) is 2.38. The Balaban J connectivity index is 0.936. The smallest absolute Gasteiger partial charge is 0.251 e. The lowest BCUT2D eigenvalue weighted by atomic mass is 9.49. The number of anilines is 1. The summed E-state index contributed by atoms with van der Waals surface area (Å²) in [7, 11) is 0. The summed E-state index contributed by atoms with van der Waals surface area (Å²) in [5.74, 6) is -0.429. The molecule has 4 amide bonds. The summed E-state index contributed by atoms with van der Waals surface area (Å²) >= 11 is 6.24. The number of rotatable bonds is 16. The number of ether oxygens (including phenoxy) is 2. The van der Waals surface area contributed by atoms with Crippen LogP contribution >= 0.6 is 11.6 Å². The quantitative estimate of drug-likeness (QED) is 0.0822. The lowest BCUT2D eigenvalue weighted by Gasteiger charge is -2.63. The third-order valence-corrected chi connectivity index (χ3v) is 12.6. The van der Waals surface area contributed by atoms with Gasteiger partial charge in [0.25, 0.3) is 5.91 Å². The minimum Gasteiger partial charge on any atom is -0.489 e. The Labute approximate surface area is 390 Å². The topological polar surface area (TPSA) is 219 Å². The number of likely N-dealkylation sites (tertiary alicyclic amines) is 1. The molecule has 1 aromatic heterocycles. The molecule has 1 aliphatic heterocycles. The van der Waals surface area contributed by atoms with Crippen molar-refractivity contribution >= 4 is 41.0 Å². The van der Waals surface area contributed by atoms with Crippen LogP contribution in [0.4, 0.5) is 5.82 Å². The van der Waals surface area contributed by atoms with Crippen molar-refractivity contribution in [2.45, 2.75) is 91.8 Å². The highest BCUT2D eigenvalue weighted by Gasteiger charge is 2.64. The SMILES string of the molecule is CC1(C)C(NC(=O)c2ccc(-c3ccc(NCCOCC(=O)N[C@H](C(=O)N4C[C@H](O)C[C@H]4C(=O)NCc4ccc(C#N)cc4)C(C)(C)C)nc3)cc2)C(C)(C)C1Oc1ccc(C#N)c(Cl)c1. The van der Waals surface area contributed by atoms with Crippen molar-refractivity contribution in [1.29, 1.82) is 10.5 Å². The van der Waals surface area contributed by atoms with Crippen LogP contribution in [-0.2, 0) is 25.7 Å². The molecule has 4 aromatic rings. The van der Waals surface area contributed by atoms with Crippen LogP contribution in [0, 0.1) is 38.9 Å². The molecule has 1 aliphatic carbocycles. The Morgan fingerprint density at radius 2 is 1.62 bits per heavy atom. The summed E-state index contributed by atoms with van der Waals surface area (Å²) in [5, 5.41) is 41.1. The predicted molar refractivity (Wildman–Crippen MR) is 249 cm³/mol. The van der Waals surface area contributed by atoms with Crippen molar-refractivity contribution in [1.82, 2.24) is 25.8 Å². The number of halogens is 1. The van der Waals surface area contributed by atoms with Crippen LogP contribution in [0.2, 0.25) is 5.02 Å². The van der Waals surface area contributed by atoms with Gasteiger partial charge in [0.05, 0.1) is 34.9 Å². The molecule has 0 bridgehead atoms. The van der Waals surface area contributed by atoms with Gasteiger partial charge >= 0.3 is 0 Å². The highest BCUT2D eigenvalue weighted by Crippen LogP contribution is 2.55. The van der Waals surface area contributed by atoms with Crippen LogP contribution in [0.5, 0.6) is 5.75 Å². The van der Waals surface area contributed by atoms with Crippen LogP contribution in [0.1, 0.15) is 81.9 Å². The fourth-order valence-corrected chi connectivity index (χ4v) is 9.25. The van der Waals surface area contributed by atoms with Gasteiger partial charge in [0.1, 0.15) is 42.4 Å². The zero-order valence-electron chi connectivity index (χ0n) is 38.3. The van der Waals surface area contributed by atoms with Gasteiger partial charge in [-0.05, 0) is 65.1 Å². The number of aliphatic hydroxyl groups is 1. The van der Waals surface area contributed by atoms with E-state index in [9.17, 15) is 29.5 Å². The highest BCUT2D eigenvalue weighted by molar-refractivity contribution is 6.31. The first-order valence-electron chi connectivity index (χ1n) is 21.8. The van der Waals surface area contributed by atoms with Crippen molar-refractivity contribution in [2.24, 2.45) is 16.2 Å². The van der Waals surface area contributed by atoms with Gasteiger partial charge in [-0.2, -0.15) is 10.5 Å². The number of aliphatic hydroxyl groups excluding tert-OH is 1. The van der Waals surface area contributed by atoms with Crippen LogP contribution in [-0.4, -0.2) is 95.3 Å². The Morgan fingerprint density at radius 1 is 0.939 bits per heavy atom. The number of benzene rings is 3. The molecular formula is C50H57ClN8O7. The van der Waals surface area contributed by atoms with E-state index in [2.05, 4.69) is 66.1 Å². The molecule has 15 nitrogen and oxygen atoms in total. The Hall–Kier alpha value is -6.52. The molecule has 3 aromatic carbocycles. The molecule has 0 unspecified atom stereocenters. The van der Waals surface area contributed by atoms with E-state index in [0.717, 1.165) is 16.7 Å². The number of β-amino-alcohol motifs (C(OH)–C–C–N with tert-alkyl or cyclic N) is 1. The normalized spacial score (nSPS) is 19.8. The second kappa shape index (κ2) is 20.3. The second-order valence-corrected chi connectivity index (χ2v) is 19.5. The Morgan fingerprint density at radius 3 is 2.23 bits per heavy atom. The molecular weight excluding hydrogens is 860 g/mol. The minimum atomic E-state index is -0.994. The number of hydrogen-bond donors (Lipinski definition) is 5. The van der Waals surface area contributed by atoms with E-state index in [1.165, 1.54) is 4.90 Å². The monoisotopic (exact) mass is 916 g/mol. The first kappa shape index (κ1) is 48.9. The van der Waals surface area contributed by atoms with Gasteiger partial charge in [0.15, 0.2) is 0 Å². The van der Waals surface area contributed by atoms with Gasteiger partial charge in [-0.3, -0.25) is 19.2 Å². The maximum Gasteiger partial charge on any atom is 0.251 e. The largest absolute Gasteiger partial charge is 0.489 e. The van der Waals surface area contributed by atoms with Crippen LogP contribution in [0.3, 0.4) is 0 Å². The summed E-state index contributed by atoms with van der Waals surface area (Å²) in [6, 6.07) is 24.8. The molecule has 2 fully saturated rings. The van der Waals surface area contributed by atoms with E-state index < -0.39 is 52.2 Å². The number of carbonyl (C=O) groups excluding carboxylic acids is 4. The minimum absolute atomic E-state index is 0.0460. The molecule has 66 heavy (non-hydrogen) atoms. The van der Waals surface area contributed by atoms with Crippen LogP contribution < -0.4 is 26.0 Å². The Kier molecular flexibility index (Phi) is 15.1. The third kappa shape index (κ3) is 11.3. The summed E-state index contributed by atoms with van der Waals surface area (Å²) in [4.78, 5) is 59.5. The maximum absolute atomic E-state index is 13.9. The first-order valence-corrected chi connectivity index (χ1v) is 22.2. The summed E-state index contributed by atoms with van der Waals surface area (Å²) < 4.78 is 12.0. The molecule has 5 N–H and O–H groups in total. The van der Waals surface area contributed by atoms with Crippen LogP contribution in [0.15, 0.2) is 85.1 Å². The van der Waals surface area contributed by atoms with Gasteiger partial charge in [0.2, 0.25) is 17.7 Å². The second-order valence-electron chi connectivity index (χ2n) is 19.1. The molecule has 346 valence electrons. The molecule has 3 atom stereocenters. The molecule has 2 aliphatic rings. The van der Waals surface area contributed by atoms with E-state index in [0.29, 0.717) is 39.8 Å². The number of hydrogen-bond acceptors (Lipinski definition) is 11. The zero-order valence-corrected chi connectivity index (χ0v) is 39.0. The average Bonchev–Trinajstić information content (AvgIpc) is 3.69. The van der Waals surface area contributed by atoms with Crippen molar-refractivity contribution < 1.29 is 33.8 Å². The van der Waals surface area contributed by atoms with Gasteiger partial charge in [-0.1, -0.05) is 84.3 Å². The number of amides is 4. The van der Waals surface area contributed by atoms with Gasteiger partial charge in [-0.25, -0.2) is 4.98 Å². The fourth-order valence-electron chi connectivity index (χ4n) is 9.04. The van der Waals surface area contributed by atoms with Gasteiger partial charge in [-0.15, -0.1) is 0 Å². The predicted octanol–water partition coefficient (Wildman–Crippen LogP) is 5.99. The molecule has 2 heterocycles. The fraction of sp³-hybridized carbons (Fsp3) is 0.420. The van der Waals surface area contributed by atoms with E-state index in [4.69, 9.17) is 26.3 Å². The first-order chi connectivity index (χ1) is 31.2. The summed E-state index contributed by atoms with van der Waals surface area (Å²) in [6.45, 7) is 14.0. The van der Waals surface area contributed by atoms with E-state index in [1.54, 1.807) is 60.8 Å². The molecule has 16 heteroatoms. The zero-order chi connectivity index (χ0) is 48.0. The van der Waals surface area contributed by atoms with Crippen LogP contribution in [0.25, 0.3) is 11.1 Å². The average molecular weight is 918 g/mol. The number of aromatic nitrogens is 1. The number of carbonyl (C=O) groups is 4. The number of pyridine rings is 1. The van der Waals surface area contributed by atoms with Crippen molar-refractivity contribution in [3.05, 3.63) is 112 Å². The number of nitriles is 2. The van der Waals surface area contributed by atoms with Crippen molar-refractivity contribution in [2.75, 3.05) is 31.6 Å². The summed E-state index contributed by atoms with van der Waals surface area (Å²) in [6.07, 6.45) is 0.665. The van der Waals surface area contributed by atoms with E-state index >= 15 is 0 Å². The van der Waals surface area contributed by atoms with Crippen molar-refractivity contribution in [3.8, 4) is 29.0 Å². The molecule has 6 rings (SSSR count). The lowest BCUT2D eigenvalue weighted by Crippen LogP contribution is -2.74. The number of nitrogens with one attached hydrogen (secondary N) is 4. The van der Waals surface area contributed by atoms with Crippen molar-refractivity contribution in [3.63, 3.8) is 0 Å². The lowest BCUT2D eigenvalue weighted by molar-refractivity contribution is -0.164. The van der Waals surface area contributed by atoms with Gasteiger partial charge < -0.3 is 40.7 Å². The van der Waals surface area contributed by atoms with E-state index in [1.807, 2.05) is 45.0 Å². The molecule has 0 radical (unpaired) electrons. The van der Waals surface area contributed by atoms with Gasteiger partial charge in [0, 0.05) is 66.3 Å². The maximum atomic E-state index is 13.9. The Bertz CT molecular complexity index is 2480. The molecule has 0 spiro atoms. The highest BCUT2D eigenvalue weighted by atomic mass is 35.5. The standard InChI is InChI=1S/C50H57ClN8O7/c1-48(2,3)42(45(64)59-28-36(60)22-39(59)44(63)56-26-31-10-8-30(24-52)9-11-31)57-41(61)29-65-21-20-54-40-19-17-35(27-55-40)32-12-14-33(15-13-32)43(62)58-46-49(4,5)47(50(46,6)7)66-37-18-16-34(25-53)38(51)23-37/h8-19,23,27,36,39,42,46-47,60H,20-22,26,28-29H2,1-7H3,(H,54,55)(H,56,63)(H,57,61)(H,58,62)/t36-,39+,42-,46?,47?/m1/s1. The number of nitrogens with zero attached hydrogens (tertiary/aromatic N) is 4. The third-order valence-electron chi connectivity index (χ3n) is 12.3. The molecule has 1 saturated carbocycles. The molecule has 1 saturated heterocycles. The van der Waals surface area contributed by atoms with E-state index in [-0.39, 0.29) is 50.8 Å².